The first-order chi connectivity index (χ1) is 8.30. The highest BCUT2D eigenvalue weighted by atomic mass is 19.4. The van der Waals surface area contributed by atoms with Crippen molar-refractivity contribution in [3.05, 3.63) is 23.8 Å². The van der Waals surface area contributed by atoms with Gasteiger partial charge in [-0.2, -0.15) is 13.2 Å². The van der Waals surface area contributed by atoms with Gasteiger partial charge in [-0.1, -0.05) is 12.8 Å². The van der Waals surface area contributed by atoms with Gasteiger partial charge >= 0.3 is 6.18 Å². The van der Waals surface area contributed by atoms with Gasteiger partial charge in [-0.25, -0.2) is 0 Å². The van der Waals surface area contributed by atoms with Crippen molar-refractivity contribution in [3.63, 3.8) is 0 Å². The molecule has 0 heterocycles. The lowest BCUT2D eigenvalue weighted by Crippen LogP contribution is -2.31. The molecule has 100 valence electrons. The van der Waals surface area contributed by atoms with Gasteiger partial charge in [-0.3, -0.25) is 0 Å². The molecule has 0 spiro atoms. The number of nitrogens with one attached hydrogen (secondary N) is 1. The Kier molecular flexibility index (Phi) is 3.17. The van der Waals surface area contributed by atoms with Gasteiger partial charge < -0.3 is 11.1 Å². The first-order valence-corrected chi connectivity index (χ1v) is 6.05. The van der Waals surface area contributed by atoms with Crippen molar-refractivity contribution in [2.45, 2.75) is 44.3 Å². The number of hydrogen-bond acceptors (Lipinski definition) is 2. The molecule has 0 unspecified atom stereocenters. The smallest absolute Gasteiger partial charge is 0.397 e. The Bertz CT molecular complexity index is 434. The molecule has 1 aliphatic rings. The highest BCUT2D eigenvalue weighted by Crippen LogP contribution is 2.37. The summed E-state index contributed by atoms with van der Waals surface area (Å²) in [6.45, 7) is 2.08. The number of halogens is 3. The topological polar surface area (TPSA) is 38.0 Å². The van der Waals surface area contributed by atoms with Gasteiger partial charge in [0.25, 0.3) is 0 Å². The second-order valence-corrected chi connectivity index (χ2v) is 5.19. The summed E-state index contributed by atoms with van der Waals surface area (Å²) in [6, 6.07) is 3.47. The first kappa shape index (κ1) is 13.1. The first-order valence-electron chi connectivity index (χ1n) is 6.05. The van der Waals surface area contributed by atoms with E-state index in [0.717, 1.165) is 37.8 Å². The molecule has 0 amide bonds. The summed E-state index contributed by atoms with van der Waals surface area (Å²) >= 11 is 0. The standard InChI is InChI=1S/C13H17F3N2/c1-12(6-2-3-7-12)18-11-5-4-9(8-10(11)17)13(14,15)16/h4-5,8,18H,2-3,6-7,17H2,1H3. The van der Waals surface area contributed by atoms with Crippen molar-refractivity contribution in [2.75, 3.05) is 11.1 Å². The normalized spacial score (nSPS) is 18.9. The molecule has 0 saturated heterocycles. The molecular formula is C13H17F3N2. The van der Waals surface area contributed by atoms with Crippen LogP contribution in [-0.2, 0) is 6.18 Å². The van der Waals surface area contributed by atoms with Crippen molar-refractivity contribution < 1.29 is 13.2 Å². The van der Waals surface area contributed by atoms with Crippen LogP contribution in [0.4, 0.5) is 24.5 Å². The van der Waals surface area contributed by atoms with Crippen LogP contribution in [0.25, 0.3) is 0 Å². The van der Waals surface area contributed by atoms with Crippen molar-refractivity contribution in [3.8, 4) is 0 Å². The minimum absolute atomic E-state index is 0.0477. The molecule has 1 aliphatic carbocycles. The zero-order valence-electron chi connectivity index (χ0n) is 10.3. The Hall–Kier alpha value is -1.39. The Labute approximate surface area is 104 Å². The summed E-state index contributed by atoms with van der Waals surface area (Å²) in [7, 11) is 0. The van der Waals surface area contributed by atoms with Gasteiger partial charge in [0.2, 0.25) is 0 Å². The van der Waals surface area contributed by atoms with E-state index in [1.807, 2.05) is 0 Å². The second kappa shape index (κ2) is 4.37. The highest BCUT2D eigenvalue weighted by molar-refractivity contribution is 5.68. The molecule has 0 aromatic heterocycles. The summed E-state index contributed by atoms with van der Waals surface area (Å²) in [6.07, 6.45) is -0.0150. The van der Waals surface area contributed by atoms with Crippen molar-refractivity contribution in [2.24, 2.45) is 0 Å². The lowest BCUT2D eigenvalue weighted by molar-refractivity contribution is -0.137. The minimum atomic E-state index is -4.34. The Morgan fingerprint density at radius 2 is 1.83 bits per heavy atom. The fourth-order valence-electron chi connectivity index (χ4n) is 2.46. The lowest BCUT2D eigenvalue weighted by Gasteiger charge is -2.27. The summed E-state index contributed by atoms with van der Waals surface area (Å²) < 4.78 is 37.5. The molecule has 0 radical (unpaired) electrons. The average molecular weight is 258 g/mol. The number of nitrogen functional groups attached to an aromatic ring is 1. The molecule has 5 heteroatoms. The van der Waals surface area contributed by atoms with E-state index in [2.05, 4.69) is 12.2 Å². The highest BCUT2D eigenvalue weighted by Gasteiger charge is 2.32. The summed E-state index contributed by atoms with van der Waals surface area (Å²) in [5.74, 6) is 0. The average Bonchev–Trinajstić information content (AvgIpc) is 2.67. The Morgan fingerprint density at radius 1 is 1.22 bits per heavy atom. The Balaban J connectivity index is 2.20. The molecule has 3 N–H and O–H groups in total. The van der Waals surface area contributed by atoms with Crippen LogP contribution in [0.15, 0.2) is 18.2 Å². The third-order valence-corrected chi connectivity index (χ3v) is 3.52. The summed E-state index contributed by atoms with van der Waals surface area (Å²) in [4.78, 5) is 0. The third kappa shape index (κ3) is 2.71. The van der Waals surface area contributed by atoms with Gasteiger partial charge in [0.15, 0.2) is 0 Å². The third-order valence-electron chi connectivity index (χ3n) is 3.52. The van der Waals surface area contributed by atoms with Gasteiger partial charge in [0, 0.05) is 5.54 Å². The molecule has 0 aliphatic heterocycles. The fraction of sp³-hybridized carbons (Fsp3) is 0.538. The van der Waals surface area contributed by atoms with Crippen LogP contribution >= 0.6 is 0 Å². The van der Waals surface area contributed by atoms with Crippen LogP contribution in [0.2, 0.25) is 0 Å². The minimum Gasteiger partial charge on any atom is -0.397 e. The predicted octanol–water partition coefficient (Wildman–Crippen LogP) is 4.03. The zero-order valence-corrected chi connectivity index (χ0v) is 10.3. The molecule has 2 rings (SSSR count). The van der Waals surface area contributed by atoms with Crippen molar-refractivity contribution >= 4 is 11.4 Å². The van der Waals surface area contributed by atoms with Gasteiger partial charge in [-0.05, 0) is 38.0 Å². The maximum Gasteiger partial charge on any atom is 0.416 e. The van der Waals surface area contributed by atoms with Crippen LogP contribution in [0, 0.1) is 0 Å². The van der Waals surface area contributed by atoms with E-state index >= 15 is 0 Å². The van der Waals surface area contributed by atoms with Crippen LogP contribution in [0.5, 0.6) is 0 Å². The van der Waals surface area contributed by atoms with Gasteiger partial charge in [0.05, 0.1) is 16.9 Å². The quantitative estimate of drug-likeness (QED) is 0.786. The van der Waals surface area contributed by atoms with E-state index in [-0.39, 0.29) is 11.2 Å². The monoisotopic (exact) mass is 258 g/mol. The largest absolute Gasteiger partial charge is 0.416 e. The van der Waals surface area contributed by atoms with E-state index in [1.165, 1.54) is 6.07 Å². The molecule has 1 aromatic rings. The van der Waals surface area contributed by atoms with E-state index in [9.17, 15) is 13.2 Å². The van der Waals surface area contributed by atoms with Crippen LogP contribution < -0.4 is 11.1 Å². The molecule has 0 bridgehead atoms. The number of alkyl halides is 3. The van der Waals surface area contributed by atoms with E-state index < -0.39 is 11.7 Å². The van der Waals surface area contributed by atoms with Crippen LogP contribution in [-0.4, -0.2) is 5.54 Å². The molecule has 1 aromatic carbocycles. The molecule has 1 fully saturated rings. The number of rotatable bonds is 2. The maximum atomic E-state index is 12.5. The maximum absolute atomic E-state index is 12.5. The number of anilines is 2. The molecule has 0 atom stereocenters. The zero-order chi connectivity index (χ0) is 13.4. The lowest BCUT2D eigenvalue weighted by atomic mass is 9.99. The van der Waals surface area contributed by atoms with Crippen molar-refractivity contribution in [1.29, 1.82) is 0 Å². The number of benzene rings is 1. The SMILES string of the molecule is CC1(Nc2ccc(C(F)(F)F)cc2N)CCCC1. The number of nitrogens with two attached hydrogens (primary N) is 1. The van der Waals surface area contributed by atoms with E-state index in [0.29, 0.717) is 5.69 Å². The molecule has 1 saturated carbocycles. The van der Waals surface area contributed by atoms with E-state index in [4.69, 9.17) is 5.73 Å². The summed E-state index contributed by atoms with van der Waals surface area (Å²) in [5, 5.41) is 3.27. The fourth-order valence-corrected chi connectivity index (χ4v) is 2.46. The molecule has 2 nitrogen and oxygen atoms in total. The summed E-state index contributed by atoms with van der Waals surface area (Å²) in [5.41, 5.74) is 5.68. The number of hydrogen-bond donors (Lipinski definition) is 2. The van der Waals surface area contributed by atoms with Crippen LogP contribution in [0.3, 0.4) is 0 Å². The van der Waals surface area contributed by atoms with E-state index in [1.54, 1.807) is 0 Å². The van der Waals surface area contributed by atoms with Crippen LogP contribution in [0.1, 0.15) is 38.2 Å². The second-order valence-electron chi connectivity index (χ2n) is 5.19. The molecular weight excluding hydrogens is 241 g/mol. The Morgan fingerprint density at radius 3 is 2.33 bits per heavy atom. The predicted molar refractivity (Wildman–Crippen MR) is 66.4 cm³/mol. The molecule has 18 heavy (non-hydrogen) atoms. The van der Waals surface area contributed by atoms with Crippen molar-refractivity contribution in [1.82, 2.24) is 0 Å². The van der Waals surface area contributed by atoms with Gasteiger partial charge in [0.1, 0.15) is 0 Å². The van der Waals surface area contributed by atoms with Gasteiger partial charge in [-0.15, -0.1) is 0 Å².